The second kappa shape index (κ2) is 5.93. The van der Waals surface area contributed by atoms with Crippen molar-refractivity contribution in [3.63, 3.8) is 0 Å². The highest BCUT2D eigenvalue weighted by Gasteiger charge is 2.15. The zero-order chi connectivity index (χ0) is 14.8. The summed E-state index contributed by atoms with van der Waals surface area (Å²) in [7, 11) is 1.95. The van der Waals surface area contributed by atoms with Gasteiger partial charge in [0, 0.05) is 13.1 Å². The number of nitrogens with zero attached hydrogens (tertiary/aromatic N) is 3. The summed E-state index contributed by atoms with van der Waals surface area (Å²) >= 11 is 6.22. The van der Waals surface area contributed by atoms with Crippen LogP contribution < -0.4 is 11.1 Å². The number of benzene rings is 1. The fraction of sp³-hybridized carbons (Fsp3) is 0.467. The van der Waals surface area contributed by atoms with Crippen LogP contribution in [0.2, 0.25) is 5.02 Å². The second-order valence-corrected chi connectivity index (χ2v) is 5.93. The molecule has 1 heterocycles. The van der Waals surface area contributed by atoms with Gasteiger partial charge in [-0.1, -0.05) is 30.5 Å². The Balaban J connectivity index is 1.75. The van der Waals surface area contributed by atoms with E-state index in [4.69, 9.17) is 17.3 Å². The van der Waals surface area contributed by atoms with E-state index in [1.807, 2.05) is 29.8 Å². The molecule has 0 radical (unpaired) electrons. The normalized spacial score (nSPS) is 16.8. The summed E-state index contributed by atoms with van der Waals surface area (Å²) in [6, 6.07) is 6.20. The molecule has 21 heavy (non-hydrogen) atoms. The molecule has 0 amide bonds. The molecule has 0 atom stereocenters. The van der Waals surface area contributed by atoms with Crippen molar-refractivity contribution in [1.82, 2.24) is 14.9 Å². The number of hydrogen-bond donors (Lipinski definition) is 2. The minimum atomic E-state index is 0.451. The molecule has 3 rings (SSSR count). The van der Waals surface area contributed by atoms with Crippen LogP contribution in [-0.2, 0) is 13.6 Å². The van der Waals surface area contributed by atoms with Gasteiger partial charge in [0.1, 0.15) is 12.4 Å². The summed E-state index contributed by atoms with van der Waals surface area (Å²) in [5, 5.41) is 3.98. The molecule has 0 spiro atoms. The average Bonchev–Trinajstić information content (AvgIpc) is 3.06. The first-order valence-electron chi connectivity index (χ1n) is 7.31. The van der Waals surface area contributed by atoms with Crippen LogP contribution in [0.1, 0.15) is 31.5 Å². The number of aromatic nitrogens is 2. The minimum absolute atomic E-state index is 0.451. The summed E-state index contributed by atoms with van der Waals surface area (Å²) in [6.45, 7) is 0.451. The number of nitrogens with two attached hydrogens (primary N) is 1. The predicted octanol–water partition coefficient (Wildman–Crippen LogP) is 2.57. The monoisotopic (exact) mass is 305 g/mol. The fourth-order valence-corrected chi connectivity index (χ4v) is 3.19. The van der Waals surface area contributed by atoms with Gasteiger partial charge in [-0.05, 0) is 25.0 Å². The number of para-hydroxylation sites is 1. The zero-order valence-electron chi connectivity index (χ0n) is 12.1. The topological polar surface area (TPSA) is 68.2 Å². The van der Waals surface area contributed by atoms with Crippen LogP contribution in [-0.4, -0.2) is 21.6 Å². The predicted molar refractivity (Wildman–Crippen MR) is 86.4 cm³/mol. The van der Waals surface area contributed by atoms with Gasteiger partial charge in [0.25, 0.3) is 0 Å². The van der Waals surface area contributed by atoms with Crippen LogP contribution in [0.3, 0.4) is 0 Å². The third kappa shape index (κ3) is 2.97. The molecule has 2 aromatic rings. The Hall–Kier alpha value is -1.75. The number of aryl methyl sites for hydroxylation is 1. The van der Waals surface area contributed by atoms with Crippen LogP contribution in [0.5, 0.6) is 0 Å². The Morgan fingerprint density at radius 3 is 2.95 bits per heavy atom. The smallest absolute Gasteiger partial charge is 0.189 e. The fourth-order valence-electron chi connectivity index (χ4n) is 2.89. The quantitative estimate of drug-likeness (QED) is 0.676. The van der Waals surface area contributed by atoms with Crippen molar-refractivity contribution in [2.75, 3.05) is 0 Å². The van der Waals surface area contributed by atoms with E-state index in [0.717, 1.165) is 16.9 Å². The van der Waals surface area contributed by atoms with Crippen molar-refractivity contribution in [3.8, 4) is 0 Å². The molecule has 0 unspecified atom stereocenters. The maximum Gasteiger partial charge on any atom is 0.189 e. The van der Waals surface area contributed by atoms with Crippen LogP contribution >= 0.6 is 11.6 Å². The minimum Gasteiger partial charge on any atom is -0.370 e. The molecule has 6 heteroatoms. The number of nitrogens with one attached hydrogen (secondary N) is 1. The summed E-state index contributed by atoms with van der Waals surface area (Å²) in [4.78, 5) is 8.97. The average molecular weight is 306 g/mol. The number of fused-ring (bicyclic) bond motifs is 1. The van der Waals surface area contributed by atoms with E-state index in [0.29, 0.717) is 23.6 Å². The molecule has 1 aliphatic carbocycles. The summed E-state index contributed by atoms with van der Waals surface area (Å²) in [5.41, 5.74) is 7.77. The second-order valence-electron chi connectivity index (χ2n) is 5.52. The van der Waals surface area contributed by atoms with E-state index in [2.05, 4.69) is 15.3 Å². The molecule has 1 aromatic carbocycles. The van der Waals surface area contributed by atoms with Gasteiger partial charge in [-0.25, -0.2) is 9.98 Å². The number of guanidine groups is 1. The van der Waals surface area contributed by atoms with Crippen molar-refractivity contribution in [2.24, 2.45) is 17.8 Å². The van der Waals surface area contributed by atoms with Crippen molar-refractivity contribution < 1.29 is 0 Å². The van der Waals surface area contributed by atoms with Gasteiger partial charge < -0.3 is 15.6 Å². The first-order chi connectivity index (χ1) is 10.1. The molecule has 1 saturated carbocycles. The third-order valence-corrected chi connectivity index (χ3v) is 4.34. The zero-order valence-corrected chi connectivity index (χ0v) is 12.9. The van der Waals surface area contributed by atoms with Gasteiger partial charge in [0.05, 0.1) is 16.1 Å². The number of hydrogen-bond acceptors (Lipinski definition) is 2. The number of rotatable bonds is 3. The van der Waals surface area contributed by atoms with Gasteiger partial charge in [-0.15, -0.1) is 0 Å². The molecular formula is C15H20ClN5. The Bertz CT molecular complexity index is 670. The number of imidazole rings is 1. The van der Waals surface area contributed by atoms with Crippen molar-refractivity contribution in [2.45, 2.75) is 38.3 Å². The van der Waals surface area contributed by atoms with E-state index in [1.54, 1.807) is 0 Å². The lowest BCUT2D eigenvalue weighted by Gasteiger charge is -2.12. The van der Waals surface area contributed by atoms with E-state index >= 15 is 0 Å². The van der Waals surface area contributed by atoms with E-state index < -0.39 is 0 Å². The number of aliphatic imine (C=N–C) groups is 1. The lowest BCUT2D eigenvalue weighted by atomic mass is 10.2. The summed E-state index contributed by atoms with van der Waals surface area (Å²) in [5.74, 6) is 1.36. The largest absolute Gasteiger partial charge is 0.370 e. The van der Waals surface area contributed by atoms with Gasteiger partial charge in [0.15, 0.2) is 5.96 Å². The lowest BCUT2D eigenvalue weighted by molar-refractivity contribution is 0.624. The summed E-state index contributed by atoms with van der Waals surface area (Å²) in [6.07, 6.45) is 4.90. The van der Waals surface area contributed by atoms with Crippen LogP contribution in [0.25, 0.3) is 11.0 Å². The first-order valence-corrected chi connectivity index (χ1v) is 7.69. The standard InChI is InChI=1S/C15H20ClN5/c1-21-13(20-12-8-4-7-11(16)14(12)21)9-18-15(17)19-10-5-2-3-6-10/h4,7-8,10H,2-3,5-6,9H2,1H3,(H3,17,18,19). The van der Waals surface area contributed by atoms with E-state index in [9.17, 15) is 0 Å². The first kappa shape index (κ1) is 14.2. The molecule has 0 aliphatic heterocycles. The van der Waals surface area contributed by atoms with Gasteiger partial charge in [0.2, 0.25) is 0 Å². The van der Waals surface area contributed by atoms with E-state index in [-0.39, 0.29) is 0 Å². The molecule has 112 valence electrons. The Morgan fingerprint density at radius 2 is 2.24 bits per heavy atom. The molecule has 5 nitrogen and oxygen atoms in total. The summed E-state index contributed by atoms with van der Waals surface area (Å²) < 4.78 is 1.98. The highest BCUT2D eigenvalue weighted by Crippen LogP contribution is 2.23. The Kier molecular flexibility index (Phi) is 4.01. The molecule has 0 bridgehead atoms. The maximum absolute atomic E-state index is 6.22. The molecular weight excluding hydrogens is 286 g/mol. The van der Waals surface area contributed by atoms with Gasteiger partial charge in [-0.2, -0.15) is 0 Å². The van der Waals surface area contributed by atoms with Gasteiger partial charge >= 0.3 is 0 Å². The number of halogens is 1. The third-order valence-electron chi connectivity index (χ3n) is 4.04. The van der Waals surface area contributed by atoms with Crippen molar-refractivity contribution in [1.29, 1.82) is 0 Å². The maximum atomic E-state index is 6.22. The van der Waals surface area contributed by atoms with Crippen molar-refractivity contribution >= 4 is 28.6 Å². The highest BCUT2D eigenvalue weighted by molar-refractivity contribution is 6.35. The van der Waals surface area contributed by atoms with Crippen LogP contribution in [0.4, 0.5) is 0 Å². The van der Waals surface area contributed by atoms with Crippen LogP contribution in [0, 0.1) is 0 Å². The molecule has 1 aromatic heterocycles. The lowest BCUT2D eigenvalue weighted by Crippen LogP contribution is -2.38. The van der Waals surface area contributed by atoms with Gasteiger partial charge in [-0.3, -0.25) is 0 Å². The Morgan fingerprint density at radius 1 is 1.48 bits per heavy atom. The Labute approximate surface area is 129 Å². The molecule has 3 N–H and O–H groups in total. The van der Waals surface area contributed by atoms with Crippen LogP contribution in [0.15, 0.2) is 23.2 Å². The molecule has 1 fully saturated rings. The highest BCUT2D eigenvalue weighted by atomic mass is 35.5. The SMILES string of the molecule is Cn1c(CN=C(N)NC2CCCC2)nc2cccc(Cl)c21. The van der Waals surface area contributed by atoms with Crippen molar-refractivity contribution in [3.05, 3.63) is 29.0 Å². The van der Waals surface area contributed by atoms with E-state index in [1.165, 1.54) is 25.7 Å². The molecule has 1 aliphatic rings. The molecule has 0 saturated heterocycles.